The molecule has 0 aromatic carbocycles. The van der Waals surface area contributed by atoms with E-state index in [1.54, 1.807) is 0 Å². The van der Waals surface area contributed by atoms with Crippen molar-refractivity contribution in [1.29, 1.82) is 0 Å². The van der Waals surface area contributed by atoms with Crippen molar-refractivity contribution in [2.24, 2.45) is 17.8 Å². The maximum Gasteiger partial charge on any atom is 0.00388 e. The molecule has 1 rings (SSSR count). The lowest BCUT2D eigenvalue weighted by Crippen LogP contribution is -2.47. The minimum Gasteiger partial charge on any atom is -0.300 e. The summed E-state index contributed by atoms with van der Waals surface area (Å²) in [4.78, 5) is 2.63. The summed E-state index contributed by atoms with van der Waals surface area (Å²) < 4.78 is 0. The van der Waals surface area contributed by atoms with E-state index in [1.165, 1.54) is 19.5 Å². The Bertz CT molecular complexity index is 141. The van der Waals surface area contributed by atoms with Crippen LogP contribution in [0.3, 0.4) is 0 Å². The van der Waals surface area contributed by atoms with E-state index in [2.05, 4.69) is 39.5 Å². The van der Waals surface area contributed by atoms with Crippen molar-refractivity contribution in [1.82, 2.24) is 4.90 Å². The third-order valence-corrected chi connectivity index (χ3v) is 3.71. The minimum atomic E-state index is 0.725. The Morgan fingerprint density at radius 1 is 1.15 bits per heavy atom. The lowest BCUT2D eigenvalue weighted by atomic mass is 9.77. The van der Waals surface area contributed by atoms with Crippen molar-refractivity contribution in [3.8, 4) is 0 Å². The number of likely N-dealkylation sites (tertiary alicyclic amines) is 1. The van der Waals surface area contributed by atoms with E-state index in [-0.39, 0.29) is 0 Å². The average Bonchev–Trinajstić information content (AvgIpc) is 2.03. The number of nitrogens with zero attached hydrogens (tertiary/aromatic N) is 1. The molecule has 1 saturated heterocycles. The van der Waals surface area contributed by atoms with Crippen molar-refractivity contribution in [2.45, 2.75) is 47.1 Å². The van der Waals surface area contributed by atoms with Crippen molar-refractivity contribution < 1.29 is 0 Å². The summed E-state index contributed by atoms with van der Waals surface area (Å²) in [5.41, 5.74) is 0. The predicted molar refractivity (Wildman–Crippen MR) is 58.8 cm³/mol. The third-order valence-electron chi connectivity index (χ3n) is 3.71. The first-order chi connectivity index (χ1) is 6.06. The van der Waals surface area contributed by atoms with Crippen LogP contribution in [0.15, 0.2) is 0 Å². The van der Waals surface area contributed by atoms with Crippen LogP contribution >= 0.6 is 0 Å². The van der Waals surface area contributed by atoms with E-state index in [9.17, 15) is 0 Å². The molecular formula is C12H25N. The number of piperidine rings is 1. The number of hydrogen-bond acceptors (Lipinski definition) is 1. The Hall–Kier alpha value is -0.0400. The first kappa shape index (κ1) is 11.0. The van der Waals surface area contributed by atoms with Gasteiger partial charge in [-0.15, -0.1) is 0 Å². The largest absolute Gasteiger partial charge is 0.300 e. The first-order valence-electron chi connectivity index (χ1n) is 5.80. The van der Waals surface area contributed by atoms with E-state index in [1.807, 2.05) is 0 Å². The van der Waals surface area contributed by atoms with Crippen LogP contribution in [0.2, 0.25) is 0 Å². The van der Waals surface area contributed by atoms with Gasteiger partial charge in [0.05, 0.1) is 0 Å². The Balaban J connectivity index is 2.56. The van der Waals surface area contributed by atoms with Gasteiger partial charge in [-0.2, -0.15) is 0 Å². The molecule has 1 aliphatic heterocycles. The molecule has 0 bridgehead atoms. The lowest BCUT2D eigenvalue weighted by Gasteiger charge is -2.43. The zero-order chi connectivity index (χ0) is 10.0. The SMILES string of the molecule is CCC1C(C)CN(C(C)C)CC1C. The topological polar surface area (TPSA) is 3.24 Å². The molecule has 78 valence electrons. The highest BCUT2D eigenvalue weighted by atomic mass is 15.2. The normalized spacial score (nSPS) is 36.9. The highest BCUT2D eigenvalue weighted by molar-refractivity contribution is 4.83. The summed E-state index contributed by atoms with van der Waals surface area (Å²) in [5.74, 6) is 2.72. The fraction of sp³-hybridized carbons (Fsp3) is 1.00. The molecule has 1 nitrogen and oxygen atoms in total. The average molecular weight is 183 g/mol. The highest BCUT2D eigenvalue weighted by Gasteiger charge is 2.31. The van der Waals surface area contributed by atoms with E-state index in [0.29, 0.717) is 0 Å². The second kappa shape index (κ2) is 4.45. The van der Waals surface area contributed by atoms with E-state index >= 15 is 0 Å². The molecule has 0 N–H and O–H groups in total. The number of rotatable bonds is 2. The van der Waals surface area contributed by atoms with Gasteiger partial charge in [0.1, 0.15) is 0 Å². The van der Waals surface area contributed by atoms with Crippen LogP contribution in [-0.4, -0.2) is 24.0 Å². The molecule has 1 heterocycles. The standard InChI is InChI=1S/C12H25N/c1-6-12-10(4)7-13(9(2)3)8-11(12)5/h9-12H,6-8H2,1-5H3. The summed E-state index contributed by atoms with van der Waals surface area (Å²) in [6.45, 7) is 14.4. The quantitative estimate of drug-likeness (QED) is 0.636. The monoisotopic (exact) mass is 183 g/mol. The summed E-state index contributed by atoms with van der Waals surface area (Å²) in [7, 11) is 0. The van der Waals surface area contributed by atoms with Gasteiger partial charge in [-0.1, -0.05) is 27.2 Å². The van der Waals surface area contributed by atoms with Crippen LogP contribution in [-0.2, 0) is 0 Å². The Morgan fingerprint density at radius 3 is 1.92 bits per heavy atom. The Morgan fingerprint density at radius 2 is 1.62 bits per heavy atom. The van der Waals surface area contributed by atoms with Crippen LogP contribution in [0.4, 0.5) is 0 Å². The van der Waals surface area contributed by atoms with Gasteiger partial charge in [-0.25, -0.2) is 0 Å². The smallest absolute Gasteiger partial charge is 0.00388 e. The Kier molecular flexibility index (Phi) is 3.78. The summed E-state index contributed by atoms with van der Waals surface area (Å²) in [5, 5.41) is 0. The molecule has 13 heavy (non-hydrogen) atoms. The van der Waals surface area contributed by atoms with Crippen molar-refractivity contribution in [3.63, 3.8) is 0 Å². The second-order valence-corrected chi connectivity index (χ2v) is 5.07. The van der Waals surface area contributed by atoms with Gasteiger partial charge in [0.15, 0.2) is 0 Å². The molecule has 1 heteroatoms. The lowest BCUT2D eigenvalue weighted by molar-refractivity contribution is 0.0551. The second-order valence-electron chi connectivity index (χ2n) is 5.07. The number of hydrogen-bond donors (Lipinski definition) is 0. The maximum atomic E-state index is 2.63. The predicted octanol–water partition coefficient (Wildman–Crippen LogP) is 3.01. The zero-order valence-electron chi connectivity index (χ0n) is 9.88. The van der Waals surface area contributed by atoms with Gasteiger partial charge in [0, 0.05) is 19.1 Å². The van der Waals surface area contributed by atoms with Crippen molar-refractivity contribution in [3.05, 3.63) is 0 Å². The minimum absolute atomic E-state index is 0.725. The molecule has 2 atom stereocenters. The summed E-state index contributed by atoms with van der Waals surface area (Å²) in [6, 6.07) is 0.725. The molecular weight excluding hydrogens is 158 g/mol. The molecule has 0 aromatic heterocycles. The molecule has 2 unspecified atom stereocenters. The molecule has 1 aliphatic rings. The van der Waals surface area contributed by atoms with Crippen LogP contribution < -0.4 is 0 Å². The van der Waals surface area contributed by atoms with Crippen LogP contribution in [0.1, 0.15) is 41.0 Å². The highest BCUT2D eigenvalue weighted by Crippen LogP contribution is 2.31. The van der Waals surface area contributed by atoms with Crippen molar-refractivity contribution in [2.75, 3.05) is 13.1 Å². The molecule has 0 amide bonds. The molecule has 0 radical (unpaired) electrons. The van der Waals surface area contributed by atoms with Gasteiger partial charge in [0.2, 0.25) is 0 Å². The first-order valence-corrected chi connectivity index (χ1v) is 5.80. The zero-order valence-corrected chi connectivity index (χ0v) is 9.88. The molecule has 0 aromatic rings. The van der Waals surface area contributed by atoms with Gasteiger partial charge in [-0.05, 0) is 31.6 Å². The maximum absolute atomic E-state index is 2.63. The fourth-order valence-electron chi connectivity index (χ4n) is 2.87. The van der Waals surface area contributed by atoms with Crippen molar-refractivity contribution >= 4 is 0 Å². The van der Waals surface area contributed by atoms with Gasteiger partial charge >= 0.3 is 0 Å². The summed E-state index contributed by atoms with van der Waals surface area (Å²) >= 11 is 0. The van der Waals surface area contributed by atoms with E-state index in [4.69, 9.17) is 0 Å². The molecule has 1 fully saturated rings. The Labute approximate surface area is 83.5 Å². The van der Waals surface area contributed by atoms with Gasteiger partial charge in [0.25, 0.3) is 0 Å². The van der Waals surface area contributed by atoms with Crippen LogP contribution in [0, 0.1) is 17.8 Å². The van der Waals surface area contributed by atoms with Gasteiger partial charge in [-0.3, -0.25) is 0 Å². The van der Waals surface area contributed by atoms with E-state index in [0.717, 1.165) is 23.8 Å². The summed E-state index contributed by atoms with van der Waals surface area (Å²) in [6.07, 6.45) is 1.36. The van der Waals surface area contributed by atoms with Crippen LogP contribution in [0.5, 0.6) is 0 Å². The van der Waals surface area contributed by atoms with E-state index < -0.39 is 0 Å². The fourth-order valence-corrected chi connectivity index (χ4v) is 2.87. The molecule has 0 spiro atoms. The van der Waals surface area contributed by atoms with Crippen LogP contribution in [0.25, 0.3) is 0 Å². The molecule has 0 saturated carbocycles. The van der Waals surface area contributed by atoms with Gasteiger partial charge < -0.3 is 4.90 Å². The third kappa shape index (κ3) is 2.46. The molecule has 0 aliphatic carbocycles.